The molecule has 0 saturated carbocycles. The van der Waals surface area contributed by atoms with Crippen molar-refractivity contribution in [3.05, 3.63) is 59.7 Å². The van der Waals surface area contributed by atoms with Crippen LogP contribution in [0.3, 0.4) is 0 Å². The molecule has 2 aromatic rings. The average Bonchev–Trinajstić information content (AvgIpc) is 2.52. The standard InChI is InChI=1S/C15H17N.2C2H6/c1-12-4-8-14(9-5-12)16(3)15-10-6-13(2)7-11-15;2*1-2/h4-11H,1-3H3;2*1-2H3/p+1. The molecule has 0 atom stereocenters. The fourth-order valence-electron chi connectivity index (χ4n) is 1.77. The van der Waals surface area contributed by atoms with Crippen LogP contribution in [0.4, 0.5) is 11.4 Å². The molecule has 1 nitrogen and oxygen atoms in total. The van der Waals surface area contributed by atoms with Crippen molar-refractivity contribution in [3.8, 4) is 0 Å². The summed E-state index contributed by atoms with van der Waals surface area (Å²) in [6.45, 7) is 12.2. The first-order valence-corrected chi connectivity index (χ1v) is 7.64. The van der Waals surface area contributed by atoms with Crippen LogP contribution < -0.4 is 4.90 Å². The topological polar surface area (TPSA) is 4.44 Å². The minimum absolute atomic E-state index is 1.30. The highest BCUT2D eigenvalue weighted by molar-refractivity contribution is 5.39. The second-order valence-electron chi connectivity index (χ2n) is 4.36. The summed E-state index contributed by atoms with van der Waals surface area (Å²) in [6, 6.07) is 17.4. The first-order chi connectivity index (χ1) is 9.66. The van der Waals surface area contributed by atoms with Crippen molar-refractivity contribution >= 4 is 11.4 Å². The number of hydrogen-bond acceptors (Lipinski definition) is 0. The van der Waals surface area contributed by atoms with E-state index in [4.69, 9.17) is 0 Å². The maximum absolute atomic E-state index is 2.19. The molecule has 0 fully saturated rings. The maximum atomic E-state index is 2.19. The number of quaternary nitrogens is 1. The molecule has 0 bridgehead atoms. The Morgan fingerprint density at radius 1 is 0.550 bits per heavy atom. The summed E-state index contributed by atoms with van der Waals surface area (Å²) in [6.07, 6.45) is 0. The first kappa shape index (κ1) is 18.4. The molecule has 0 aliphatic heterocycles. The predicted molar refractivity (Wildman–Crippen MR) is 91.3 cm³/mol. The van der Waals surface area contributed by atoms with E-state index < -0.39 is 0 Å². The molecule has 2 aromatic carbocycles. The van der Waals surface area contributed by atoms with Crippen LogP contribution in [0.15, 0.2) is 48.5 Å². The summed E-state index contributed by atoms with van der Waals surface area (Å²) in [5.74, 6) is 0. The summed E-state index contributed by atoms with van der Waals surface area (Å²) in [7, 11) is 2.18. The Hall–Kier alpha value is -1.60. The van der Waals surface area contributed by atoms with Gasteiger partial charge in [0.05, 0.1) is 7.05 Å². The van der Waals surface area contributed by atoms with E-state index in [0.717, 1.165) is 0 Å². The van der Waals surface area contributed by atoms with Crippen molar-refractivity contribution in [2.45, 2.75) is 41.5 Å². The maximum Gasteiger partial charge on any atom is 0.136 e. The molecule has 0 aliphatic carbocycles. The van der Waals surface area contributed by atoms with E-state index in [2.05, 4.69) is 69.4 Å². The summed E-state index contributed by atoms with van der Waals surface area (Å²) >= 11 is 0. The van der Waals surface area contributed by atoms with Crippen LogP contribution in [0.5, 0.6) is 0 Å². The Labute approximate surface area is 125 Å². The van der Waals surface area contributed by atoms with Gasteiger partial charge in [0.1, 0.15) is 11.4 Å². The summed E-state index contributed by atoms with van der Waals surface area (Å²) < 4.78 is 0. The Bertz CT molecular complexity index is 409. The van der Waals surface area contributed by atoms with Crippen molar-refractivity contribution in [2.75, 3.05) is 7.05 Å². The van der Waals surface area contributed by atoms with Crippen molar-refractivity contribution in [3.63, 3.8) is 0 Å². The Balaban J connectivity index is 0.000000829. The Morgan fingerprint density at radius 3 is 1.05 bits per heavy atom. The number of rotatable bonds is 2. The zero-order chi connectivity index (χ0) is 15.5. The molecular formula is C19H30N+. The van der Waals surface area contributed by atoms with Crippen LogP contribution >= 0.6 is 0 Å². The van der Waals surface area contributed by atoms with Gasteiger partial charge in [0.25, 0.3) is 0 Å². The molecule has 0 saturated heterocycles. The first-order valence-electron chi connectivity index (χ1n) is 7.64. The highest BCUT2D eigenvalue weighted by Crippen LogP contribution is 2.09. The van der Waals surface area contributed by atoms with Gasteiger partial charge in [-0.1, -0.05) is 63.1 Å². The summed E-state index contributed by atoms with van der Waals surface area (Å²) in [4.78, 5) is 1.33. The molecule has 110 valence electrons. The van der Waals surface area contributed by atoms with E-state index in [9.17, 15) is 0 Å². The van der Waals surface area contributed by atoms with Gasteiger partial charge in [0.2, 0.25) is 0 Å². The lowest BCUT2D eigenvalue weighted by atomic mass is 10.2. The van der Waals surface area contributed by atoms with Crippen molar-refractivity contribution in [1.82, 2.24) is 0 Å². The highest BCUT2D eigenvalue weighted by Gasteiger charge is 2.08. The van der Waals surface area contributed by atoms with E-state index in [1.165, 1.54) is 27.4 Å². The van der Waals surface area contributed by atoms with Crippen LogP contribution in [-0.2, 0) is 0 Å². The molecule has 0 aromatic heterocycles. The highest BCUT2D eigenvalue weighted by atomic mass is 15.1. The number of nitrogens with one attached hydrogen (secondary N) is 1. The Kier molecular flexibility index (Phi) is 9.40. The monoisotopic (exact) mass is 272 g/mol. The molecule has 0 unspecified atom stereocenters. The third-order valence-electron chi connectivity index (χ3n) is 2.97. The van der Waals surface area contributed by atoms with Gasteiger partial charge in [0.15, 0.2) is 0 Å². The quantitative estimate of drug-likeness (QED) is 0.798. The van der Waals surface area contributed by atoms with E-state index in [-0.39, 0.29) is 0 Å². The minimum atomic E-state index is 1.30. The lowest BCUT2D eigenvalue weighted by Crippen LogP contribution is -2.98. The van der Waals surface area contributed by atoms with Gasteiger partial charge in [-0.25, -0.2) is 0 Å². The van der Waals surface area contributed by atoms with Gasteiger partial charge in [0, 0.05) is 0 Å². The predicted octanol–water partition coefficient (Wildman–Crippen LogP) is 4.83. The van der Waals surface area contributed by atoms with Gasteiger partial charge in [-0.05, 0) is 38.1 Å². The molecule has 0 radical (unpaired) electrons. The molecular weight excluding hydrogens is 242 g/mol. The zero-order valence-electron chi connectivity index (χ0n) is 14.1. The van der Waals surface area contributed by atoms with Crippen LogP contribution in [-0.4, -0.2) is 7.05 Å². The number of hydrogen-bond donors (Lipinski definition) is 1. The van der Waals surface area contributed by atoms with Crippen LogP contribution in [0.2, 0.25) is 0 Å². The molecule has 2 rings (SSSR count). The van der Waals surface area contributed by atoms with Crippen LogP contribution in [0.1, 0.15) is 38.8 Å². The van der Waals surface area contributed by atoms with Crippen molar-refractivity contribution < 1.29 is 4.90 Å². The molecule has 0 spiro atoms. The molecule has 1 heteroatoms. The van der Waals surface area contributed by atoms with Gasteiger partial charge < -0.3 is 0 Å². The van der Waals surface area contributed by atoms with Crippen LogP contribution in [0, 0.1) is 13.8 Å². The molecule has 0 heterocycles. The fraction of sp³-hybridized carbons (Fsp3) is 0.368. The van der Waals surface area contributed by atoms with E-state index >= 15 is 0 Å². The van der Waals surface area contributed by atoms with Crippen molar-refractivity contribution in [2.24, 2.45) is 0 Å². The molecule has 0 aliphatic rings. The second-order valence-corrected chi connectivity index (χ2v) is 4.36. The van der Waals surface area contributed by atoms with Gasteiger partial charge in [-0.2, -0.15) is 0 Å². The van der Waals surface area contributed by atoms with Gasteiger partial charge in [-0.3, -0.25) is 4.90 Å². The van der Waals surface area contributed by atoms with Gasteiger partial charge >= 0.3 is 0 Å². The van der Waals surface area contributed by atoms with E-state index in [1.54, 1.807) is 0 Å². The minimum Gasteiger partial charge on any atom is -0.273 e. The smallest absolute Gasteiger partial charge is 0.136 e. The Morgan fingerprint density at radius 2 is 0.800 bits per heavy atom. The molecule has 1 N–H and O–H groups in total. The molecule has 20 heavy (non-hydrogen) atoms. The van der Waals surface area contributed by atoms with E-state index in [1.807, 2.05) is 27.7 Å². The SMILES string of the molecule is CC.CC.Cc1ccc([NH+](C)c2ccc(C)cc2)cc1. The number of benzene rings is 2. The van der Waals surface area contributed by atoms with E-state index in [0.29, 0.717) is 0 Å². The lowest BCUT2D eigenvalue weighted by molar-refractivity contribution is -0.735. The fourth-order valence-corrected chi connectivity index (χ4v) is 1.77. The van der Waals surface area contributed by atoms with Gasteiger partial charge in [-0.15, -0.1) is 0 Å². The zero-order valence-corrected chi connectivity index (χ0v) is 14.1. The third kappa shape index (κ3) is 5.58. The van der Waals surface area contributed by atoms with Crippen molar-refractivity contribution in [1.29, 1.82) is 0 Å². The van der Waals surface area contributed by atoms with Crippen LogP contribution in [0.25, 0.3) is 0 Å². The normalized spacial score (nSPS) is 9.20. The average molecular weight is 272 g/mol. The number of aryl methyl sites for hydroxylation is 2. The third-order valence-corrected chi connectivity index (χ3v) is 2.97. The largest absolute Gasteiger partial charge is 0.273 e. The second kappa shape index (κ2) is 10.2. The summed E-state index contributed by atoms with van der Waals surface area (Å²) in [5.41, 5.74) is 5.21. The molecule has 0 amide bonds. The summed E-state index contributed by atoms with van der Waals surface area (Å²) in [5, 5.41) is 0. The lowest BCUT2D eigenvalue weighted by Gasteiger charge is -2.13.